The highest BCUT2D eigenvalue weighted by molar-refractivity contribution is 6.30. The predicted octanol–water partition coefficient (Wildman–Crippen LogP) is 3.90. The number of amides is 1. The standard InChI is InChI=1S/C21H20ClNO4/c1-3-19(24)23-12-14-7-5-6-8-16(14)21(23)17-11-15(22)9-10-18(17)27-13-20(25)26-4-2/h3,5-11,21H,1,4,12-13H2,2H3. The van der Waals surface area contributed by atoms with Crippen LogP contribution in [0.5, 0.6) is 5.75 Å². The molecule has 27 heavy (non-hydrogen) atoms. The van der Waals surface area contributed by atoms with Crippen LogP contribution in [0.3, 0.4) is 0 Å². The lowest BCUT2D eigenvalue weighted by Gasteiger charge is -2.26. The molecule has 2 aromatic rings. The third-order valence-electron chi connectivity index (χ3n) is 4.38. The molecule has 1 heterocycles. The maximum atomic E-state index is 12.5. The lowest BCUT2D eigenvalue weighted by Crippen LogP contribution is -2.29. The molecule has 140 valence electrons. The summed E-state index contributed by atoms with van der Waals surface area (Å²) in [5.41, 5.74) is 2.76. The second-order valence-corrected chi connectivity index (χ2v) is 6.48. The van der Waals surface area contributed by atoms with Crippen LogP contribution in [0.4, 0.5) is 0 Å². The van der Waals surface area contributed by atoms with Crippen LogP contribution in [0.1, 0.15) is 29.7 Å². The molecule has 0 N–H and O–H groups in total. The third kappa shape index (κ3) is 3.98. The smallest absolute Gasteiger partial charge is 0.344 e. The maximum absolute atomic E-state index is 12.5. The van der Waals surface area contributed by atoms with Gasteiger partial charge in [0.05, 0.1) is 12.6 Å². The number of carbonyl (C=O) groups is 2. The highest BCUT2D eigenvalue weighted by atomic mass is 35.5. The van der Waals surface area contributed by atoms with Crippen LogP contribution in [-0.4, -0.2) is 30.0 Å². The zero-order valence-corrected chi connectivity index (χ0v) is 15.7. The van der Waals surface area contributed by atoms with Gasteiger partial charge >= 0.3 is 5.97 Å². The van der Waals surface area contributed by atoms with Crippen molar-refractivity contribution in [2.45, 2.75) is 19.5 Å². The van der Waals surface area contributed by atoms with Crippen LogP contribution < -0.4 is 4.74 Å². The quantitative estimate of drug-likeness (QED) is 0.559. The molecule has 1 unspecified atom stereocenters. The Morgan fingerprint density at radius 1 is 1.26 bits per heavy atom. The van der Waals surface area contributed by atoms with Gasteiger partial charge in [-0.2, -0.15) is 0 Å². The number of carbonyl (C=O) groups excluding carboxylic acids is 2. The molecule has 0 saturated heterocycles. The van der Waals surface area contributed by atoms with Crippen molar-refractivity contribution in [3.63, 3.8) is 0 Å². The van der Waals surface area contributed by atoms with Crippen molar-refractivity contribution in [2.75, 3.05) is 13.2 Å². The molecule has 3 rings (SSSR count). The highest BCUT2D eigenvalue weighted by Crippen LogP contribution is 2.43. The van der Waals surface area contributed by atoms with Gasteiger partial charge in [-0.1, -0.05) is 42.4 Å². The second-order valence-electron chi connectivity index (χ2n) is 6.05. The Morgan fingerprint density at radius 2 is 2.04 bits per heavy atom. The third-order valence-corrected chi connectivity index (χ3v) is 4.61. The first-order valence-electron chi connectivity index (χ1n) is 8.63. The topological polar surface area (TPSA) is 55.8 Å². The zero-order chi connectivity index (χ0) is 19.4. The van der Waals surface area contributed by atoms with E-state index in [1.807, 2.05) is 24.3 Å². The number of rotatable bonds is 6. The summed E-state index contributed by atoms with van der Waals surface area (Å²) < 4.78 is 10.6. The largest absolute Gasteiger partial charge is 0.482 e. The molecule has 0 bridgehead atoms. The molecule has 5 nitrogen and oxygen atoms in total. The van der Waals surface area contributed by atoms with Gasteiger partial charge in [0.25, 0.3) is 0 Å². The van der Waals surface area contributed by atoms with Crippen molar-refractivity contribution >= 4 is 23.5 Å². The normalized spacial score (nSPS) is 15.2. The van der Waals surface area contributed by atoms with Crippen LogP contribution in [-0.2, 0) is 20.9 Å². The summed E-state index contributed by atoms with van der Waals surface area (Å²) in [6.07, 6.45) is 1.29. The zero-order valence-electron chi connectivity index (χ0n) is 15.0. The molecular formula is C21H20ClNO4. The molecule has 0 radical (unpaired) electrons. The van der Waals surface area contributed by atoms with E-state index in [2.05, 4.69) is 6.58 Å². The summed E-state index contributed by atoms with van der Waals surface area (Å²) in [5.74, 6) is -0.159. The van der Waals surface area contributed by atoms with Crippen molar-refractivity contribution < 1.29 is 19.1 Å². The Balaban J connectivity index is 2.01. The lowest BCUT2D eigenvalue weighted by atomic mass is 9.97. The van der Waals surface area contributed by atoms with E-state index in [4.69, 9.17) is 21.1 Å². The Hall–Kier alpha value is -2.79. The van der Waals surface area contributed by atoms with Gasteiger partial charge in [0.2, 0.25) is 5.91 Å². The fourth-order valence-corrected chi connectivity index (χ4v) is 3.43. The van der Waals surface area contributed by atoms with Gasteiger partial charge in [0, 0.05) is 17.1 Å². The summed E-state index contributed by atoms with van der Waals surface area (Å²) in [7, 11) is 0. The van der Waals surface area contributed by atoms with Crippen molar-refractivity contribution in [1.29, 1.82) is 0 Å². The lowest BCUT2D eigenvalue weighted by molar-refractivity contribution is -0.145. The fourth-order valence-electron chi connectivity index (χ4n) is 3.25. The number of benzene rings is 2. The van der Waals surface area contributed by atoms with E-state index in [1.54, 1.807) is 30.0 Å². The molecule has 0 aliphatic carbocycles. The van der Waals surface area contributed by atoms with E-state index in [-0.39, 0.29) is 25.2 Å². The number of nitrogens with zero attached hydrogens (tertiary/aromatic N) is 1. The molecule has 1 aliphatic rings. The number of halogens is 1. The van der Waals surface area contributed by atoms with Crippen molar-refractivity contribution in [3.05, 3.63) is 76.8 Å². The van der Waals surface area contributed by atoms with Crippen LogP contribution in [0.2, 0.25) is 5.02 Å². The first-order valence-corrected chi connectivity index (χ1v) is 9.01. The summed E-state index contributed by atoms with van der Waals surface area (Å²) >= 11 is 6.23. The van der Waals surface area contributed by atoms with Gasteiger partial charge in [-0.25, -0.2) is 4.79 Å². The van der Waals surface area contributed by atoms with Gasteiger partial charge in [0.15, 0.2) is 6.61 Å². The van der Waals surface area contributed by atoms with Crippen LogP contribution in [0.25, 0.3) is 0 Å². The SMILES string of the molecule is C=CC(=O)N1Cc2ccccc2C1c1cc(Cl)ccc1OCC(=O)OCC. The number of hydrogen-bond donors (Lipinski definition) is 0. The predicted molar refractivity (Wildman–Crippen MR) is 103 cm³/mol. The van der Waals surface area contributed by atoms with Crippen molar-refractivity contribution in [2.24, 2.45) is 0 Å². The molecule has 2 aromatic carbocycles. The monoisotopic (exact) mass is 385 g/mol. The van der Waals surface area contributed by atoms with Crippen LogP contribution in [0, 0.1) is 0 Å². The average Bonchev–Trinajstić information content (AvgIpc) is 3.06. The van der Waals surface area contributed by atoms with Crippen molar-refractivity contribution in [3.8, 4) is 5.75 Å². The first-order chi connectivity index (χ1) is 13.0. The molecule has 1 amide bonds. The first kappa shape index (κ1) is 19.0. The number of fused-ring (bicyclic) bond motifs is 1. The van der Waals surface area contributed by atoms with Crippen LogP contribution in [0.15, 0.2) is 55.1 Å². The molecule has 0 spiro atoms. The number of ether oxygens (including phenoxy) is 2. The Bertz CT molecular complexity index is 880. The minimum Gasteiger partial charge on any atom is -0.482 e. The van der Waals surface area contributed by atoms with E-state index in [0.29, 0.717) is 22.9 Å². The molecule has 1 aliphatic heterocycles. The summed E-state index contributed by atoms with van der Waals surface area (Å²) in [6.45, 7) is 5.88. The summed E-state index contributed by atoms with van der Waals surface area (Å²) in [5, 5.41) is 0.517. The summed E-state index contributed by atoms with van der Waals surface area (Å²) in [6, 6.07) is 12.6. The molecule has 1 atom stereocenters. The summed E-state index contributed by atoms with van der Waals surface area (Å²) in [4.78, 5) is 25.9. The van der Waals surface area contributed by atoms with Gasteiger partial charge in [0.1, 0.15) is 5.75 Å². The molecule has 0 fully saturated rings. The van der Waals surface area contributed by atoms with Crippen LogP contribution >= 0.6 is 11.6 Å². The molecule has 0 saturated carbocycles. The minimum atomic E-state index is -0.454. The minimum absolute atomic E-state index is 0.187. The molecular weight excluding hydrogens is 366 g/mol. The number of esters is 1. The van der Waals surface area contributed by atoms with Gasteiger partial charge in [-0.3, -0.25) is 4.79 Å². The average molecular weight is 386 g/mol. The Kier molecular flexibility index (Phi) is 5.81. The van der Waals surface area contributed by atoms with Gasteiger partial charge < -0.3 is 14.4 Å². The second kappa shape index (κ2) is 8.27. The van der Waals surface area contributed by atoms with Crippen molar-refractivity contribution in [1.82, 2.24) is 4.90 Å². The van der Waals surface area contributed by atoms with E-state index >= 15 is 0 Å². The fraction of sp³-hybridized carbons (Fsp3) is 0.238. The Labute approximate surface area is 163 Å². The Morgan fingerprint density at radius 3 is 2.78 bits per heavy atom. The van der Waals surface area contributed by atoms with E-state index in [0.717, 1.165) is 11.1 Å². The maximum Gasteiger partial charge on any atom is 0.344 e. The number of hydrogen-bond acceptors (Lipinski definition) is 4. The van der Waals surface area contributed by atoms with Gasteiger partial charge in [-0.15, -0.1) is 0 Å². The van der Waals surface area contributed by atoms with Gasteiger partial charge in [-0.05, 0) is 42.3 Å². The van der Waals surface area contributed by atoms with E-state index < -0.39 is 5.97 Å². The highest BCUT2D eigenvalue weighted by Gasteiger charge is 2.35. The van der Waals surface area contributed by atoms with E-state index in [9.17, 15) is 9.59 Å². The van der Waals surface area contributed by atoms with E-state index in [1.165, 1.54) is 6.08 Å². The molecule has 6 heteroatoms. The molecule has 0 aromatic heterocycles.